The summed E-state index contributed by atoms with van der Waals surface area (Å²) in [6.45, 7) is 5.25. The van der Waals surface area contributed by atoms with Crippen LogP contribution >= 0.6 is 0 Å². The van der Waals surface area contributed by atoms with Crippen molar-refractivity contribution in [2.75, 3.05) is 26.7 Å². The number of likely N-dealkylation sites (N-methyl/N-ethyl adjacent to an activating group) is 1. The highest BCUT2D eigenvalue weighted by Crippen LogP contribution is 2.11. The van der Waals surface area contributed by atoms with Gasteiger partial charge in [0.15, 0.2) is 0 Å². The fourth-order valence-electron chi connectivity index (χ4n) is 1.52. The standard InChI is InChI=1S/C15H23FN2O2/c1-4-12(2)17-11-15(19)18(3)8-9-20-14-7-5-6-13(16)10-14/h5-7,10,12,17H,4,8-9,11H2,1-3H3. The lowest BCUT2D eigenvalue weighted by molar-refractivity contribution is -0.129. The van der Waals surface area contributed by atoms with E-state index in [0.29, 0.717) is 31.5 Å². The van der Waals surface area contributed by atoms with Crippen molar-refractivity contribution in [3.8, 4) is 5.75 Å². The molecule has 0 aliphatic heterocycles. The molecular formula is C15H23FN2O2. The van der Waals surface area contributed by atoms with Crippen molar-refractivity contribution in [2.24, 2.45) is 0 Å². The third-order valence-corrected chi connectivity index (χ3v) is 3.13. The lowest BCUT2D eigenvalue weighted by Gasteiger charge is -2.19. The molecule has 20 heavy (non-hydrogen) atoms. The second-order valence-electron chi connectivity index (χ2n) is 4.81. The minimum atomic E-state index is -0.329. The molecule has 1 N–H and O–H groups in total. The van der Waals surface area contributed by atoms with Gasteiger partial charge in [-0.1, -0.05) is 13.0 Å². The summed E-state index contributed by atoms with van der Waals surface area (Å²) in [6.07, 6.45) is 0.986. The number of hydrogen-bond donors (Lipinski definition) is 1. The Morgan fingerprint density at radius 1 is 1.50 bits per heavy atom. The van der Waals surface area contributed by atoms with Gasteiger partial charge in [0.1, 0.15) is 18.2 Å². The average molecular weight is 282 g/mol. The van der Waals surface area contributed by atoms with Crippen molar-refractivity contribution < 1.29 is 13.9 Å². The molecule has 1 unspecified atom stereocenters. The van der Waals surface area contributed by atoms with Crippen LogP contribution in [0.1, 0.15) is 20.3 Å². The van der Waals surface area contributed by atoms with Gasteiger partial charge in [0, 0.05) is 19.2 Å². The van der Waals surface area contributed by atoms with Gasteiger partial charge >= 0.3 is 0 Å². The molecule has 0 aliphatic carbocycles. The molecule has 1 aromatic rings. The van der Waals surface area contributed by atoms with Crippen molar-refractivity contribution in [1.29, 1.82) is 0 Å². The number of benzene rings is 1. The molecule has 1 aromatic carbocycles. The fourth-order valence-corrected chi connectivity index (χ4v) is 1.52. The van der Waals surface area contributed by atoms with Gasteiger partial charge in [-0.15, -0.1) is 0 Å². The van der Waals surface area contributed by atoms with E-state index >= 15 is 0 Å². The van der Waals surface area contributed by atoms with Crippen LogP contribution in [-0.4, -0.2) is 43.6 Å². The maximum Gasteiger partial charge on any atom is 0.236 e. The fraction of sp³-hybridized carbons (Fsp3) is 0.533. The third kappa shape index (κ3) is 6.02. The Bertz CT molecular complexity index is 426. The number of rotatable bonds is 8. The lowest BCUT2D eigenvalue weighted by Crippen LogP contribution is -2.40. The van der Waals surface area contributed by atoms with Crippen molar-refractivity contribution in [3.63, 3.8) is 0 Å². The smallest absolute Gasteiger partial charge is 0.236 e. The third-order valence-electron chi connectivity index (χ3n) is 3.13. The van der Waals surface area contributed by atoms with E-state index in [9.17, 15) is 9.18 Å². The molecule has 112 valence electrons. The zero-order valence-corrected chi connectivity index (χ0v) is 12.4. The van der Waals surface area contributed by atoms with Crippen LogP contribution in [0.15, 0.2) is 24.3 Å². The summed E-state index contributed by atoms with van der Waals surface area (Å²) < 4.78 is 18.3. The van der Waals surface area contributed by atoms with Gasteiger partial charge in [0.25, 0.3) is 0 Å². The maximum atomic E-state index is 12.9. The zero-order valence-electron chi connectivity index (χ0n) is 12.4. The van der Waals surface area contributed by atoms with Gasteiger partial charge in [-0.05, 0) is 25.5 Å². The van der Waals surface area contributed by atoms with Crippen LogP contribution in [0, 0.1) is 5.82 Å². The topological polar surface area (TPSA) is 41.6 Å². The SMILES string of the molecule is CCC(C)NCC(=O)N(C)CCOc1cccc(F)c1. The summed E-state index contributed by atoms with van der Waals surface area (Å²) >= 11 is 0. The Hall–Kier alpha value is -1.62. The van der Waals surface area contributed by atoms with E-state index in [1.807, 2.05) is 6.92 Å². The Labute approximate surface area is 119 Å². The number of halogens is 1. The van der Waals surface area contributed by atoms with E-state index < -0.39 is 0 Å². The number of carbonyl (C=O) groups excluding carboxylic acids is 1. The Balaban J connectivity index is 2.25. The normalized spacial score (nSPS) is 12.0. The predicted octanol–water partition coefficient (Wildman–Crippen LogP) is 2.05. The highest BCUT2D eigenvalue weighted by Gasteiger charge is 2.09. The lowest BCUT2D eigenvalue weighted by atomic mass is 10.2. The highest BCUT2D eigenvalue weighted by molar-refractivity contribution is 5.77. The van der Waals surface area contributed by atoms with Gasteiger partial charge in [-0.2, -0.15) is 0 Å². The van der Waals surface area contributed by atoms with Crippen molar-refractivity contribution in [2.45, 2.75) is 26.3 Å². The molecule has 0 heterocycles. The first-order chi connectivity index (χ1) is 9.52. The number of hydrogen-bond acceptors (Lipinski definition) is 3. The van der Waals surface area contributed by atoms with Crippen LogP contribution in [0.5, 0.6) is 5.75 Å². The van der Waals surface area contributed by atoms with Gasteiger partial charge in [-0.25, -0.2) is 4.39 Å². The molecule has 1 amide bonds. The van der Waals surface area contributed by atoms with Crippen LogP contribution in [0.4, 0.5) is 4.39 Å². The molecule has 0 bridgehead atoms. The average Bonchev–Trinajstić information content (AvgIpc) is 2.44. The summed E-state index contributed by atoms with van der Waals surface area (Å²) in [5.41, 5.74) is 0. The number of nitrogens with one attached hydrogen (secondary N) is 1. The van der Waals surface area contributed by atoms with Gasteiger partial charge in [-0.3, -0.25) is 4.79 Å². The summed E-state index contributed by atoms with van der Waals surface area (Å²) in [5, 5.41) is 3.15. The Kier molecular flexibility index (Phi) is 7.01. The molecule has 1 rings (SSSR count). The first kappa shape index (κ1) is 16.4. The molecule has 1 atom stereocenters. The minimum Gasteiger partial charge on any atom is -0.492 e. The molecule has 4 nitrogen and oxygen atoms in total. The van der Waals surface area contributed by atoms with Crippen LogP contribution in [0.3, 0.4) is 0 Å². The first-order valence-electron chi connectivity index (χ1n) is 6.88. The number of nitrogens with zero attached hydrogens (tertiary/aromatic N) is 1. The van der Waals surface area contributed by atoms with Crippen LogP contribution in [0.2, 0.25) is 0 Å². The molecule has 0 saturated carbocycles. The van der Waals surface area contributed by atoms with E-state index in [0.717, 1.165) is 6.42 Å². The molecule has 5 heteroatoms. The molecule has 0 aromatic heterocycles. The van der Waals surface area contributed by atoms with E-state index in [1.54, 1.807) is 24.1 Å². The summed E-state index contributed by atoms with van der Waals surface area (Å²) in [6, 6.07) is 6.30. The number of amides is 1. The molecule has 0 saturated heterocycles. The predicted molar refractivity (Wildman–Crippen MR) is 77.3 cm³/mol. The Morgan fingerprint density at radius 3 is 2.90 bits per heavy atom. The monoisotopic (exact) mass is 282 g/mol. The Morgan fingerprint density at radius 2 is 2.25 bits per heavy atom. The summed E-state index contributed by atoms with van der Waals surface area (Å²) in [5.74, 6) is 0.168. The zero-order chi connectivity index (χ0) is 15.0. The van der Waals surface area contributed by atoms with Crippen LogP contribution < -0.4 is 10.1 Å². The number of ether oxygens (including phenoxy) is 1. The molecule has 0 aliphatic rings. The largest absolute Gasteiger partial charge is 0.492 e. The van der Waals surface area contributed by atoms with Crippen LogP contribution in [-0.2, 0) is 4.79 Å². The van der Waals surface area contributed by atoms with Crippen molar-refractivity contribution in [3.05, 3.63) is 30.1 Å². The van der Waals surface area contributed by atoms with E-state index in [-0.39, 0.29) is 11.7 Å². The summed E-state index contributed by atoms with van der Waals surface area (Å²) in [4.78, 5) is 13.4. The first-order valence-corrected chi connectivity index (χ1v) is 6.88. The van der Waals surface area contributed by atoms with E-state index in [2.05, 4.69) is 12.2 Å². The molecular weight excluding hydrogens is 259 g/mol. The summed E-state index contributed by atoms with van der Waals surface area (Å²) in [7, 11) is 1.73. The van der Waals surface area contributed by atoms with Crippen LogP contribution in [0.25, 0.3) is 0 Å². The maximum absolute atomic E-state index is 12.9. The molecule has 0 fully saturated rings. The minimum absolute atomic E-state index is 0.0214. The number of carbonyl (C=O) groups is 1. The van der Waals surface area contributed by atoms with Gasteiger partial charge < -0.3 is 15.0 Å². The van der Waals surface area contributed by atoms with E-state index in [1.165, 1.54) is 12.1 Å². The molecule has 0 radical (unpaired) electrons. The quantitative estimate of drug-likeness (QED) is 0.793. The van der Waals surface area contributed by atoms with Crippen molar-refractivity contribution in [1.82, 2.24) is 10.2 Å². The van der Waals surface area contributed by atoms with Crippen molar-refractivity contribution >= 4 is 5.91 Å². The molecule has 0 spiro atoms. The van der Waals surface area contributed by atoms with Gasteiger partial charge in [0.05, 0.1) is 13.1 Å². The highest BCUT2D eigenvalue weighted by atomic mass is 19.1. The van der Waals surface area contributed by atoms with Gasteiger partial charge in [0.2, 0.25) is 5.91 Å². The van der Waals surface area contributed by atoms with E-state index in [4.69, 9.17) is 4.74 Å². The second kappa shape index (κ2) is 8.53. The second-order valence-corrected chi connectivity index (χ2v) is 4.81.